The van der Waals surface area contributed by atoms with Crippen LogP contribution in [0.2, 0.25) is 0 Å². The summed E-state index contributed by atoms with van der Waals surface area (Å²) in [4.78, 5) is 2.02. The van der Waals surface area contributed by atoms with E-state index in [-0.39, 0.29) is 5.41 Å². The SMILES string of the molecule is C#CC(C)(C)c1ccc(O)c(CN(C)C)c1. The second-order valence-corrected chi connectivity index (χ2v) is 4.85. The molecule has 0 aliphatic heterocycles. The number of aromatic hydroxyl groups is 1. The van der Waals surface area contributed by atoms with Gasteiger partial charge in [-0.1, -0.05) is 12.0 Å². The molecule has 0 saturated heterocycles. The van der Waals surface area contributed by atoms with Crippen molar-refractivity contribution in [2.24, 2.45) is 0 Å². The van der Waals surface area contributed by atoms with Gasteiger partial charge in [-0.15, -0.1) is 6.42 Å². The fraction of sp³-hybridized carbons (Fsp3) is 0.429. The number of terminal acetylenes is 1. The molecule has 86 valence electrons. The minimum Gasteiger partial charge on any atom is -0.508 e. The number of hydrogen-bond donors (Lipinski definition) is 1. The third-order valence-electron chi connectivity index (χ3n) is 2.65. The summed E-state index contributed by atoms with van der Waals surface area (Å²) in [5, 5.41) is 9.74. The van der Waals surface area contributed by atoms with Crippen molar-refractivity contribution in [2.75, 3.05) is 14.1 Å². The highest BCUT2D eigenvalue weighted by Gasteiger charge is 2.18. The van der Waals surface area contributed by atoms with E-state index in [0.29, 0.717) is 12.3 Å². The quantitative estimate of drug-likeness (QED) is 0.786. The zero-order chi connectivity index (χ0) is 12.3. The molecule has 2 heteroatoms. The zero-order valence-electron chi connectivity index (χ0n) is 10.4. The number of rotatable bonds is 3. The molecule has 1 N–H and O–H groups in total. The first-order valence-corrected chi connectivity index (χ1v) is 5.31. The van der Waals surface area contributed by atoms with Crippen molar-refractivity contribution in [3.05, 3.63) is 29.3 Å². The highest BCUT2D eigenvalue weighted by atomic mass is 16.3. The van der Waals surface area contributed by atoms with Crippen LogP contribution in [0.15, 0.2) is 18.2 Å². The third-order valence-corrected chi connectivity index (χ3v) is 2.65. The summed E-state index contributed by atoms with van der Waals surface area (Å²) < 4.78 is 0. The van der Waals surface area contributed by atoms with Crippen LogP contribution in [0.25, 0.3) is 0 Å². The van der Waals surface area contributed by atoms with Crippen LogP contribution in [-0.4, -0.2) is 24.1 Å². The first-order chi connectivity index (χ1) is 7.36. The van der Waals surface area contributed by atoms with Gasteiger partial charge in [-0.2, -0.15) is 0 Å². The molecule has 1 aromatic rings. The Labute approximate surface area is 97.9 Å². The average Bonchev–Trinajstić information content (AvgIpc) is 2.20. The molecule has 0 radical (unpaired) electrons. The van der Waals surface area contributed by atoms with Crippen LogP contribution in [0.3, 0.4) is 0 Å². The highest BCUT2D eigenvalue weighted by Crippen LogP contribution is 2.27. The summed E-state index contributed by atoms with van der Waals surface area (Å²) in [6.07, 6.45) is 5.50. The van der Waals surface area contributed by atoms with Gasteiger partial charge >= 0.3 is 0 Å². The minimum atomic E-state index is -0.297. The number of phenols is 1. The Morgan fingerprint density at radius 2 is 2.00 bits per heavy atom. The average molecular weight is 217 g/mol. The van der Waals surface area contributed by atoms with Crippen LogP contribution in [0, 0.1) is 12.3 Å². The van der Waals surface area contributed by atoms with Gasteiger partial charge in [0.2, 0.25) is 0 Å². The van der Waals surface area contributed by atoms with Crippen molar-refractivity contribution in [2.45, 2.75) is 25.8 Å². The van der Waals surface area contributed by atoms with Crippen molar-refractivity contribution in [1.29, 1.82) is 0 Å². The first kappa shape index (κ1) is 12.6. The summed E-state index contributed by atoms with van der Waals surface area (Å²) in [6.45, 7) is 4.71. The van der Waals surface area contributed by atoms with Crippen LogP contribution in [0.5, 0.6) is 5.75 Å². The molecule has 0 atom stereocenters. The molecule has 1 aromatic carbocycles. The maximum absolute atomic E-state index is 9.74. The lowest BCUT2D eigenvalue weighted by Crippen LogP contribution is -2.16. The molecule has 0 heterocycles. The summed E-state index contributed by atoms with van der Waals surface area (Å²) in [5.41, 5.74) is 1.67. The van der Waals surface area contributed by atoms with Gasteiger partial charge in [0.1, 0.15) is 5.75 Å². The highest BCUT2D eigenvalue weighted by molar-refractivity contribution is 5.41. The van der Waals surface area contributed by atoms with E-state index < -0.39 is 0 Å². The zero-order valence-corrected chi connectivity index (χ0v) is 10.4. The van der Waals surface area contributed by atoms with Gasteiger partial charge in [0.05, 0.1) is 5.41 Å². The second-order valence-electron chi connectivity index (χ2n) is 4.85. The fourth-order valence-corrected chi connectivity index (χ4v) is 1.52. The van der Waals surface area contributed by atoms with E-state index in [1.807, 2.05) is 45.0 Å². The van der Waals surface area contributed by atoms with E-state index in [2.05, 4.69) is 5.92 Å². The van der Waals surface area contributed by atoms with Crippen LogP contribution in [0.4, 0.5) is 0 Å². The van der Waals surface area contributed by atoms with Crippen molar-refractivity contribution in [1.82, 2.24) is 4.90 Å². The molecule has 0 aliphatic carbocycles. The molecule has 0 spiro atoms. The largest absolute Gasteiger partial charge is 0.508 e. The normalized spacial score (nSPS) is 11.5. The van der Waals surface area contributed by atoms with E-state index in [4.69, 9.17) is 6.42 Å². The molecule has 2 nitrogen and oxygen atoms in total. The molecule has 0 bridgehead atoms. The van der Waals surface area contributed by atoms with Crippen LogP contribution in [-0.2, 0) is 12.0 Å². The van der Waals surface area contributed by atoms with Gasteiger partial charge in [0, 0.05) is 12.1 Å². The lowest BCUT2D eigenvalue weighted by atomic mass is 9.85. The monoisotopic (exact) mass is 217 g/mol. The van der Waals surface area contributed by atoms with E-state index in [0.717, 1.165) is 11.1 Å². The topological polar surface area (TPSA) is 23.5 Å². The molecular formula is C14H19NO. The number of nitrogens with zero attached hydrogens (tertiary/aromatic N) is 1. The molecule has 1 rings (SSSR count). The maximum Gasteiger partial charge on any atom is 0.120 e. The second kappa shape index (κ2) is 4.59. The third kappa shape index (κ3) is 2.77. The number of hydrogen-bond acceptors (Lipinski definition) is 2. The fourth-order valence-electron chi connectivity index (χ4n) is 1.52. The number of benzene rings is 1. The van der Waals surface area contributed by atoms with Crippen LogP contribution < -0.4 is 0 Å². The van der Waals surface area contributed by atoms with Gasteiger partial charge in [0.15, 0.2) is 0 Å². The Morgan fingerprint density at radius 3 is 2.50 bits per heavy atom. The molecule has 0 amide bonds. The number of phenolic OH excluding ortho intramolecular Hbond substituents is 1. The predicted molar refractivity (Wildman–Crippen MR) is 67.4 cm³/mol. The van der Waals surface area contributed by atoms with Gasteiger partial charge in [0.25, 0.3) is 0 Å². The summed E-state index contributed by atoms with van der Waals surface area (Å²) in [7, 11) is 3.94. The van der Waals surface area contributed by atoms with Crippen LogP contribution in [0.1, 0.15) is 25.0 Å². The Hall–Kier alpha value is -1.46. The lowest BCUT2D eigenvalue weighted by Gasteiger charge is -2.20. The van der Waals surface area contributed by atoms with Gasteiger partial charge in [-0.25, -0.2) is 0 Å². The van der Waals surface area contributed by atoms with Crippen molar-refractivity contribution < 1.29 is 5.11 Å². The molecule has 16 heavy (non-hydrogen) atoms. The molecule has 0 saturated carbocycles. The van der Waals surface area contributed by atoms with Gasteiger partial charge in [-0.05, 0) is 45.6 Å². The van der Waals surface area contributed by atoms with Gasteiger partial charge < -0.3 is 10.0 Å². The van der Waals surface area contributed by atoms with Crippen molar-refractivity contribution >= 4 is 0 Å². The lowest BCUT2D eigenvalue weighted by molar-refractivity contribution is 0.385. The summed E-state index contributed by atoms with van der Waals surface area (Å²) in [5.74, 6) is 3.09. The summed E-state index contributed by atoms with van der Waals surface area (Å²) in [6, 6.07) is 5.58. The minimum absolute atomic E-state index is 0.297. The van der Waals surface area contributed by atoms with E-state index >= 15 is 0 Å². The van der Waals surface area contributed by atoms with Crippen molar-refractivity contribution in [3.8, 4) is 18.1 Å². The molecular weight excluding hydrogens is 198 g/mol. The van der Waals surface area contributed by atoms with E-state index in [1.165, 1.54) is 0 Å². The Kier molecular flexibility index (Phi) is 3.62. The van der Waals surface area contributed by atoms with Gasteiger partial charge in [-0.3, -0.25) is 0 Å². The van der Waals surface area contributed by atoms with Crippen LogP contribution >= 0.6 is 0 Å². The van der Waals surface area contributed by atoms with Crippen molar-refractivity contribution in [3.63, 3.8) is 0 Å². The molecule has 0 unspecified atom stereocenters. The summed E-state index contributed by atoms with van der Waals surface area (Å²) >= 11 is 0. The Morgan fingerprint density at radius 1 is 1.38 bits per heavy atom. The van der Waals surface area contributed by atoms with E-state index in [9.17, 15) is 5.11 Å². The van der Waals surface area contributed by atoms with E-state index in [1.54, 1.807) is 6.07 Å². The molecule has 0 aliphatic rings. The smallest absolute Gasteiger partial charge is 0.120 e. The Bertz CT molecular complexity index is 413. The Balaban J connectivity index is 3.13. The first-order valence-electron chi connectivity index (χ1n) is 5.31. The molecule has 0 aromatic heterocycles. The maximum atomic E-state index is 9.74. The molecule has 0 fully saturated rings. The predicted octanol–water partition coefficient (Wildman–Crippen LogP) is 2.36. The standard InChI is InChI=1S/C14H19NO/c1-6-14(2,3)12-7-8-13(16)11(9-12)10-15(4)5/h1,7-9,16H,10H2,2-5H3.